The normalized spacial score (nSPS) is 25.1. The van der Waals surface area contributed by atoms with E-state index in [-0.39, 0.29) is 11.9 Å². The standard InChI is InChI=1S/C11H16ClN3O/c1-8-3-4-15(9(8)5-12)11(16)10-6-13-7-14(10)2/h6-9H,3-5H2,1-2H3. The molecule has 0 saturated carbocycles. The van der Waals surface area contributed by atoms with Crippen LogP contribution in [0, 0.1) is 5.92 Å². The van der Waals surface area contributed by atoms with Crippen LogP contribution in [0.15, 0.2) is 12.5 Å². The molecule has 88 valence electrons. The van der Waals surface area contributed by atoms with Crippen LogP contribution >= 0.6 is 11.6 Å². The number of aryl methyl sites for hydroxylation is 1. The first-order valence-electron chi connectivity index (χ1n) is 5.48. The number of halogens is 1. The summed E-state index contributed by atoms with van der Waals surface area (Å²) >= 11 is 5.93. The summed E-state index contributed by atoms with van der Waals surface area (Å²) in [6.07, 6.45) is 4.28. The summed E-state index contributed by atoms with van der Waals surface area (Å²) in [7, 11) is 1.83. The average Bonchev–Trinajstić information content (AvgIpc) is 2.83. The van der Waals surface area contributed by atoms with Crippen molar-refractivity contribution in [2.75, 3.05) is 12.4 Å². The van der Waals surface area contributed by atoms with E-state index in [0.29, 0.717) is 17.5 Å². The molecule has 1 fully saturated rings. The average molecular weight is 242 g/mol. The smallest absolute Gasteiger partial charge is 0.272 e. The van der Waals surface area contributed by atoms with Gasteiger partial charge in [0.1, 0.15) is 5.69 Å². The Morgan fingerprint density at radius 3 is 3.00 bits per heavy atom. The van der Waals surface area contributed by atoms with Gasteiger partial charge in [0.2, 0.25) is 0 Å². The third-order valence-corrected chi connectivity index (χ3v) is 3.65. The van der Waals surface area contributed by atoms with Gasteiger partial charge < -0.3 is 9.47 Å². The van der Waals surface area contributed by atoms with Crippen LogP contribution < -0.4 is 0 Å². The van der Waals surface area contributed by atoms with Crippen LogP contribution in [-0.2, 0) is 7.05 Å². The molecule has 0 bridgehead atoms. The van der Waals surface area contributed by atoms with Crippen molar-refractivity contribution in [1.82, 2.24) is 14.5 Å². The second-order valence-corrected chi connectivity index (χ2v) is 4.68. The largest absolute Gasteiger partial charge is 0.333 e. The second kappa shape index (κ2) is 4.45. The van der Waals surface area contributed by atoms with Crippen molar-refractivity contribution in [3.05, 3.63) is 18.2 Å². The van der Waals surface area contributed by atoms with Gasteiger partial charge in [-0.25, -0.2) is 4.98 Å². The molecule has 4 nitrogen and oxygen atoms in total. The maximum absolute atomic E-state index is 12.3. The van der Waals surface area contributed by atoms with Gasteiger partial charge in [0.15, 0.2) is 0 Å². The lowest BCUT2D eigenvalue weighted by atomic mass is 10.1. The summed E-state index contributed by atoms with van der Waals surface area (Å²) in [5.41, 5.74) is 0.629. The monoisotopic (exact) mass is 241 g/mol. The number of imidazole rings is 1. The number of amides is 1. The van der Waals surface area contributed by atoms with Crippen LogP contribution in [0.25, 0.3) is 0 Å². The zero-order valence-electron chi connectivity index (χ0n) is 9.56. The molecule has 2 rings (SSSR count). The Morgan fingerprint density at radius 2 is 2.44 bits per heavy atom. The van der Waals surface area contributed by atoms with Gasteiger partial charge in [0, 0.05) is 25.5 Å². The van der Waals surface area contributed by atoms with E-state index in [2.05, 4.69) is 11.9 Å². The lowest BCUT2D eigenvalue weighted by molar-refractivity contribution is 0.0727. The molecular formula is C11H16ClN3O. The van der Waals surface area contributed by atoms with E-state index in [1.807, 2.05) is 11.9 Å². The minimum absolute atomic E-state index is 0.0370. The van der Waals surface area contributed by atoms with Crippen LogP contribution in [0.5, 0.6) is 0 Å². The van der Waals surface area contributed by atoms with Crippen LogP contribution in [0.3, 0.4) is 0 Å². The van der Waals surface area contributed by atoms with Crippen molar-refractivity contribution in [3.63, 3.8) is 0 Å². The maximum Gasteiger partial charge on any atom is 0.272 e. The van der Waals surface area contributed by atoms with E-state index in [4.69, 9.17) is 11.6 Å². The summed E-state index contributed by atoms with van der Waals surface area (Å²) in [5.74, 6) is 1.02. The molecule has 0 aliphatic carbocycles. The van der Waals surface area contributed by atoms with Crippen molar-refractivity contribution in [2.24, 2.45) is 13.0 Å². The number of nitrogens with zero attached hydrogens (tertiary/aromatic N) is 3. The van der Waals surface area contributed by atoms with E-state index in [0.717, 1.165) is 13.0 Å². The number of rotatable bonds is 2. The molecule has 16 heavy (non-hydrogen) atoms. The second-order valence-electron chi connectivity index (χ2n) is 4.38. The number of alkyl halides is 1. The van der Waals surface area contributed by atoms with Gasteiger partial charge in [-0.1, -0.05) is 6.92 Å². The van der Waals surface area contributed by atoms with Gasteiger partial charge >= 0.3 is 0 Å². The third-order valence-electron chi connectivity index (χ3n) is 3.34. The van der Waals surface area contributed by atoms with Crippen LogP contribution in [0.4, 0.5) is 0 Å². The highest BCUT2D eigenvalue weighted by Crippen LogP contribution is 2.26. The molecule has 1 aliphatic heterocycles. The van der Waals surface area contributed by atoms with Crippen molar-refractivity contribution in [1.29, 1.82) is 0 Å². The molecule has 1 aromatic heterocycles. The van der Waals surface area contributed by atoms with Crippen LogP contribution in [-0.4, -0.2) is 38.8 Å². The highest BCUT2D eigenvalue weighted by molar-refractivity contribution is 6.18. The lowest BCUT2D eigenvalue weighted by Crippen LogP contribution is -2.39. The first-order chi connectivity index (χ1) is 7.65. The number of hydrogen-bond donors (Lipinski definition) is 0. The SMILES string of the molecule is CC1CCN(C(=O)c2cncn2C)C1CCl. The van der Waals surface area contributed by atoms with E-state index in [9.17, 15) is 4.79 Å². The summed E-state index contributed by atoms with van der Waals surface area (Å²) in [4.78, 5) is 18.1. The summed E-state index contributed by atoms with van der Waals surface area (Å²) in [5, 5.41) is 0. The summed E-state index contributed by atoms with van der Waals surface area (Å²) in [6.45, 7) is 2.94. The number of likely N-dealkylation sites (tertiary alicyclic amines) is 1. The predicted molar refractivity (Wildman–Crippen MR) is 62.5 cm³/mol. The van der Waals surface area contributed by atoms with Crippen molar-refractivity contribution in [2.45, 2.75) is 19.4 Å². The topological polar surface area (TPSA) is 38.1 Å². The predicted octanol–water partition coefficient (Wildman–Crippen LogP) is 1.51. The molecule has 0 radical (unpaired) electrons. The lowest BCUT2D eigenvalue weighted by Gasteiger charge is -2.25. The van der Waals surface area contributed by atoms with Crippen molar-refractivity contribution < 1.29 is 4.79 Å². The van der Waals surface area contributed by atoms with E-state index >= 15 is 0 Å². The first kappa shape index (κ1) is 11.5. The molecule has 2 atom stereocenters. The van der Waals surface area contributed by atoms with Crippen molar-refractivity contribution in [3.8, 4) is 0 Å². The molecule has 0 N–H and O–H groups in total. The molecule has 0 aromatic carbocycles. The fourth-order valence-electron chi connectivity index (χ4n) is 2.21. The fraction of sp³-hybridized carbons (Fsp3) is 0.636. The molecule has 5 heteroatoms. The Bertz CT molecular complexity index is 390. The molecule has 0 spiro atoms. The minimum atomic E-state index is 0.0370. The van der Waals surface area contributed by atoms with Crippen LogP contribution in [0.1, 0.15) is 23.8 Å². The van der Waals surface area contributed by atoms with E-state index in [1.165, 1.54) is 0 Å². The number of aromatic nitrogens is 2. The number of carbonyl (C=O) groups is 1. The highest BCUT2D eigenvalue weighted by Gasteiger charge is 2.34. The van der Waals surface area contributed by atoms with Crippen molar-refractivity contribution >= 4 is 17.5 Å². The first-order valence-corrected chi connectivity index (χ1v) is 6.02. The van der Waals surface area contributed by atoms with Gasteiger partial charge in [-0.15, -0.1) is 11.6 Å². The highest BCUT2D eigenvalue weighted by atomic mass is 35.5. The van der Waals surface area contributed by atoms with E-state index in [1.54, 1.807) is 17.1 Å². The number of carbonyl (C=O) groups excluding carboxylic acids is 1. The Kier molecular flexibility index (Phi) is 3.19. The minimum Gasteiger partial charge on any atom is -0.333 e. The van der Waals surface area contributed by atoms with Gasteiger partial charge in [-0.3, -0.25) is 4.79 Å². The maximum atomic E-state index is 12.3. The quantitative estimate of drug-likeness (QED) is 0.737. The third kappa shape index (κ3) is 1.82. The van der Waals surface area contributed by atoms with Gasteiger partial charge in [0.05, 0.1) is 12.5 Å². The zero-order valence-corrected chi connectivity index (χ0v) is 10.3. The molecule has 1 amide bonds. The molecule has 2 heterocycles. The molecular weight excluding hydrogens is 226 g/mol. The fourth-order valence-corrected chi connectivity index (χ4v) is 2.68. The molecule has 1 saturated heterocycles. The Morgan fingerprint density at radius 1 is 1.69 bits per heavy atom. The van der Waals surface area contributed by atoms with Crippen LogP contribution in [0.2, 0.25) is 0 Å². The number of hydrogen-bond acceptors (Lipinski definition) is 2. The van der Waals surface area contributed by atoms with Gasteiger partial charge in [0.25, 0.3) is 5.91 Å². The zero-order chi connectivity index (χ0) is 11.7. The van der Waals surface area contributed by atoms with Gasteiger partial charge in [-0.05, 0) is 12.3 Å². The summed E-state index contributed by atoms with van der Waals surface area (Å²) in [6, 6.07) is 0.157. The Labute approximate surface area is 100 Å². The summed E-state index contributed by atoms with van der Waals surface area (Å²) < 4.78 is 1.75. The molecule has 1 aromatic rings. The molecule has 1 aliphatic rings. The van der Waals surface area contributed by atoms with Gasteiger partial charge in [-0.2, -0.15) is 0 Å². The Hall–Kier alpha value is -1.03. The molecule has 2 unspecified atom stereocenters. The van der Waals surface area contributed by atoms with E-state index < -0.39 is 0 Å². The Balaban J connectivity index is 2.20.